The summed E-state index contributed by atoms with van der Waals surface area (Å²) in [5.41, 5.74) is 4.54. The molecule has 3 aromatic rings. The van der Waals surface area contributed by atoms with E-state index < -0.39 is 0 Å². The van der Waals surface area contributed by atoms with Crippen LogP contribution in [0, 0.1) is 0 Å². The minimum absolute atomic E-state index is 0.160. The standard InChI is InChI=1S/C22H23N3O/c1-3-17-10-12-19(13-11-17)24-22(26)18-14-21(16-23-15-18)25(4-2)20-8-6-5-7-9-20/h5-16H,3-4H2,1-2H3,(H,24,26). The third kappa shape index (κ3) is 4.09. The number of pyridine rings is 1. The molecule has 26 heavy (non-hydrogen) atoms. The van der Waals surface area contributed by atoms with Crippen molar-refractivity contribution in [1.29, 1.82) is 0 Å². The zero-order valence-corrected chi connectivity index (χ0v) is 15.1. The lowest BCUT2D eigenvalue weighted by atomic mass is 10.1. The van der Waals surface area contributed by atoms with Gasteiger partial charge in [-0.05, 0) is 49.2 Å². The molecule has 3 rings (SSSR count). The topological polar surface area (TPSA) is 45.2 Å². The smallest absolute Gasteiger partial charge is 0.257 e. The number of carbonyl (C=O) groups excluding carboxylic acids is 1. The summed E-state index contributed by atoms with van der Waals surface area (Å²) in [4.78, 5) is 19.0. The molecular formula is C22H23N3O. The van der Waals surface area contributed by atoms with E-state index >= 15 is 0 Å². The minimum atomic E-state index is -0.160. The largest absolute Gasteiger partial charge is 0.340 e. The lowest BCUT2D eigenvalue weighted by molar-refractivity contribution is 0.102. The number of benzene rings is 2. The van der Waals surface area contributed by atoms with Crippen molar-refractivity contribution in [2.45, 2.75) is 20.3 Å². The summed E-state index contributed by atoms with van der Waals surface area (Å²) in [5, 5.41) is 2.94. The summed E-state index contributed by atoms with van der Waals surface area (Å²) >= 11 is 0. The van der Waals surface area contributed by atoms with Gasteiger partial charge in [0.25, 0.3) is 5.91 Å². The zero-order chi connectivity index (χ0) is 18.4. The van der Waals surface area contributed by atoms with E-state index in [1.165, 1.54) is 5.56 Å². The summed E-state index contributed by atoms with van der Waals surface area (Å²) in [6, 6.07) is 19.9. The molecule has 2 aromatic carbocycles. The first-order valence-corrected chi connectivity index (χ1v) is 8.89. The fourth-order valence-corrected chi connectivity index (χ4v) is 2.85. The Hall–Kier alpha value is -3.14. The van der Waals surface area contributed by atoms with Crippen LogP contribution in [0.1, 0.15) is 29.8 Å². The van der Waals surface area contributed by atoms with Crippen molar-refractivity contribution >= 4 is 23.0 Å². The van der Waals surface area contributed by atoms with Crippen LogP contribution in [-0.4, -0.2) is 17.4 Å². The van der Waals surface area contributed by atoms with Gasteiger partial charge in [0.05, 0.1) is 17.4 Å². The Kier molecular flexibility index (Phi) is 5.64. The predicted octanol–water partition coefficient (Wildman–Crippen LogP) is 5.05. The lowest BCUT2D eigenvalue weighted by Gasteiger charge is -2.23. The molecule has 0 spiro atoms. The van der Waals surface area contributed by atoms with Gasteiger partial charge in [0.15, 0.2) is 0 Å². The van der Waals surface area contributed by atoms with E-state index in [0.29, 0.717) is 5.56 Å². The molecule has 0 bridgehead atoms. The highest BCUT2D eigenvalue weighted by Crippen LogP contribution is 2.25. The van der Waals surface area contributed by atoms with E-state index in [1.54, 1.807) is 12.4 Å². The summed E-state index contributed by atoms with van der Waals surface area (Å²) < 4.78 is 0. The molecule has 132 valence electrons. The van der Waals surface area contributed by atoms with E-state index in [0.717, 1.165) is 30.0 Å². The van der Waals surface area contributed by atoms with Gasteiger partial charge in [0.1, 0.15) is 0 Å². The SMILES string of the molecule is CCc1ccc(NC(=O)c2cncc(N(CC)c3ccccc3)c2)cc1. The Bertz CT molecular complexity index is 860. The highest BCUT2D eigenvalue weighted by molar-refractivity contribution is 6.04. The van der Waals surface area contributed by atoms with E-state index in [1.807, 2.05) is 60.7 Å². The molecule has 1 N–H and O–H groups in total. The molecule has 0 aliphatic heterocycles. The molecule has 0 atom stereocenters. The molecule has 4 heteroatoms. The van der Waals surface area contributed by atoms with Gasteiger partial charge in [-0.15, -0.1) is 0 Å². The first-order valence-electron chi connectivity index (χ1n) is 8.89. The van der Waals surface area contributed by atoms with Crippen LogP contribution in [0.25, 0.3) is 0 Å². The van der Waals surface area contributed by atoms with Gasteiger partial charge in [0, 0.05) is 24.1 Å². The summed E-state index contributed by atoms with van der Waals surface area (Å²) in [7, 11) is 0. The van der Waals surface area contributed by atoms with E-state index in [2.05, 4.69) is 29.0 Å². The number of amides is 1. The number of aromatic nitrogens is 1. The highest BCUT2D eigenvalue weighted by Gasteiger charge is 2.12. The van der Waals surface area contributed by atoms with Gasteiger partial charge in [-0.2, -0.15) is 0 Å². The maximum atomic E-state index is 12.6. The van der Waals surface area contributed by atoms with Crippen molar-refractivity contribution in [3.63, 3.8) is 0 Å². The fourth-order valence-electron chi connectivity index (χ4n) is 2.85. The fraction of sp³-hybridized carbons (Fsp3) is 0.182. The average molecular weight is 345 g/mol. The normalized spacial score (nSPS) is 10.4. The number of aryl methyl sites for hydroxylation is 1. The number of nitrogens with zero attached hydrogens (tertiary/aromatic N) is 2. The van der Waals surface area contributed by atoms with Crippen LogP contribution in [0.4, 0.5) is 17.1 Å². The Morgan fingerprint density at radius 2 is 1.69 bits per heavy atom. The van der Waals surface area contributed by atoms with Gasteiger partial charge in [-0.3, -0.25) is 9.78 Å². The van der Waals surface area contributed by atoms with Gasteiger partial charge in [0.2, 0.25) is 0 Å². The summed E-state index contributed by atoms with van der Waals surface area (Å²) in [6.07, 6.45) is 4.36. The number of hydrogen-bond donors (Lipinski definition) is 1. The molecule has 4 nitrogen and oxygen atoms in total. The Morgan fingerprint density at radius 1 is 0.962 bits per heavy atom. The van der Waals surface area contributed by atoms with Crippen LogP contribution in [-0.2, 0) is 6.42 Å². The van der Waals surface area contributed by atoms with Crippen LogP contribution >= 0.6 is 0 Å². The molecule has 0 fully saturated rings. The van der Waals surface area contributed by atoms with Crippen molar-refractivity contribution in [1.82, 2.24) is 4.98 Å². The molecule has 0 aliphatic rings. The van der Waals surface area contributed by atoms with Gasteiger partial charge in [-0.1, -0.05) is 37.3 Å². The zero-order valence-electron chi connectivity index (χ0n) is 15.1. The number of rotatable bonds is 6. The van der Waals surface area contributed by atoms with Gasteiger partial charge in [-0.25, -0.2) is 0 Å². The third-order valence-electron chi connectivity index (χ3n) is 4.30. The Balaban J connectivity index is 1.80. The number of carbonyl (C=O) groups is 1. The second-order valence-electron chi connectivity index (χ2n) is 6.02. The monoisotopic (exact) mass is 345 g/mol. The van der Waals surface area contributed by atoms with Gasteiger partial charge >= 0.3 is 0 Å². The minimum Gasteiger partial charge on any atom is -0.340 e. The first kappa shape index (κ1) is 17.7. The van der Waals surface area contributed by atoms with Gasteiger partial charge < -0.3 is 10.2 Å². The maximum Gasteiger partial charge on any atom is 0.257 e. The number of hydrogen-bond acceptors (Lipinski definition) is 3. The maximum absolute atomic E-state index is 12.6. The van der Waals surface area contributed by atoms with Crippen LogP contribution in [0.3, 0.4) is 0 Å². The van der Waals surface area contributed by atoms with Crippen LogP contribution < -0.4 is 10.2 Å². The quantitative estimate of drug-likeness (QED) is 0.679. The van der Waals surface area contributed by atoms with Crippen molar-refractivity contribution < 1.29 is 4.79 Å². The highest BCUT2D eigenvalue weighted by atomic mass is 16.1. The van der Waals surface area contributed by atoms with Crippen molar-refractivity contribution in [3.8, 4) is 0 Å². The molecule has 0 radical (unpaired) electrons. The molecule has 0 aliphatic carbocycles. The third-order valence-corrected chi connectivity index (χ3v) is 4.30. The molecule has 0 saturated heterocycles. The molecule has 0 saturated carbocycles. The molecule has 0 unspecified atom stereocenters. The number of para-hydroxylation sites is 1. The van der Waals surface area contributed by atoms with Crippen LogP contribution in [0.15, 0.2) is 73.1 Å². The predicted molar refractivity (Wildman–Crippen MR) is 107 cm³/mol. The first-order chi connectivity index (χ1) is 12.7. The van der Waals surface area contributed by atoms with E-state index in [9.17, 15) is 4.79 Å². The van der Waals surface area contributed by atoms with Crippen molar-refractivity contribution in [2.24, 2.45) is 0 Å². The Morgan fingerprint density at radius 3 is 2.35 bits per heavy atom. The van der Waals surface area contributed by atoms with Crippen molar-refractivity contribution in [3.05, 3.63) is 84.2 Å². The number of anilines is 3. The average Bonchev–Trinajstić information content (AvgIpc) is 2.70. The number of nitrogens with one attached hydrogen (secondary N) is 1. The van der Waals surface area contributed by atoms with Crippen LogP contribution in [0.2, 0.25) is 0 Å². The van der Waals surface area contributed by atoms with E-state index in [-0.39, 0.29) is 5.91 Å². The van der Waals surface area contributed by atoms with E-state index in [4.69, 9.17) is 0 Å². The summed E-state index contributed by atoms with van der Waals surface area (Å²) in [6.45, 7) is 4.97. The Labute approximate surface area is 154 Å². The molecule has 1 aromatic heterocycles. The van der Waals surface area contributed by atoms with Crippen LogP contribution in [0.5, 0.6) is 0 Å². The molecular weight excluding hydrogens is 322 g/mol. The molecule has 1 amide bonds. The second kappa shape index (κ2) is 8.30. The summed E-state index contributed by atoms with van der Waals surface area (Å²) in [5.74, 6) is -0.160. The lowest BCUT2D eigenvalue weighted by Crippen LogP contribution is -2.18. The second-order valence-corrected chi connectivity index (χ2v) is 6.02. The van der Waals surface area contributed by atoms with Crippen molar-refractivity contribution in [2.75, 3.05) is 16.8 Å². The molecule has 1 heterocycles.